The summed E-state index contributed by atoms with van der Waals surface area (Å²) < 4.78 is 0. The summed E-state index contributed by atoms with van der Waals surface area (Å²) in [6.07, 6.45) is 4.72. The largest absolute Gasteiger partial charge is 0.388 e. The number of hydrogen-bond acceptors (Lipinski definition) is 2. The molecular weight excluding hydrogens is 180 g/mol. The minimum absolute atomic E-state index is 0.301. The fourth-order valence-electron chi connectivity index (χ4n) is 1.30. The van der Waals surface area contributed by atoms with Gasteiger partial charge in [-0.25, -0.2) is 0 Å². The van der Waals surface area contributed by atoms with Crippen molar-refractivity contribution in [3.63, 3.8) is 0 Å². The van der Waals surface area contributed by atoms with Crippen LogP contribution in [0.3, 0.4) is 0 Å². The Morgan fingerprint density at radius 3 is 2.69 bits per heavy atom. The molecule has 1 unspecified atom stereocenters. The van der Waals surface area contributed by atoms with Crippen LogP contribution in [0.5, 0.6) is 0 Å². The normalized spacial score (nSPS) is 13.2. The lowest BCUT2D eigenvalue weighted by Gasteiger charge is -1.98. The summed E-state index contributed by atoms with van der Waals surface area (Å²) >= 11 is 1.74. The molecule has 0 aliphatic rings. The second-order valence-corrected chi connectivity index (χ2v) is 4.64. The summed E-state index contributed by atoms with van der Waals surface area (Å²) in [6, 6.07) is 4.18. The molecule has 0 aliphatic carbocycles. The lowest BCUT2D eigenvalue weighted by atomic mass is 10.2. The average Bonchev–Trinajstić information content (AvgIpc) is 2.53. The number of thiophene rings is 1. The van der Waals surface area contributed by atoms with Gasteiger partial charge in [0.05, 0.1) is 6.10 Å². The molecule has 1 aromatic heterocycles. The summed E-state index contributed by atoms with van der Waals surface area (Å²) in [5, 5.41) is 9.32. The molecule has 74 valence electrons. The Kier molecular flexibility index (Phi) is 4.46. The van der Waals surface area contributed by atoms with Gasteiger partial charge in [-0.05, 0) is 31.9 Å². The predicted octanol–water partition coefficient (Wildman–Crippen LogP) is 3.53. The van der Waals surface area contributed by atoms with Crippen molar-refractivity contribution in [1.29, 1.82) is 0 Å². The van der Waals surface area contributed by atoms with E-state index in [4.69, 9.17) is 0 Å². The molecule has 0 saturated heterocycles. The van der Waals surface area contributed by atoms with Gasteiger partial charge < -0.3 is 5.11 Å². The van der Waals surface area contributed by atoms with E-state index in [-0.39, 0.29) is 6.10 Å². The van der Waals surface area contributed by atoms with E-state index in [1.165, 1.54) is 30.6 Å². The van der Waals surface area contributed by atoms with Crippen molar-refractivity contribution >= 4 is 11.3 Å². The molecular formula is C11H18OS. The van der Waals surface area contributed by atoms with Crippen LogP contribution < -0.4 is 0 Å². The molecule has 2 heteroatoms. The number of aliphatic hydroxyl groups is 1. The van der Waals surface area contributed by atoms with Crippen molar-refractivity contribution in [2.45, 2.75) is 45.6 Å². The Balaban J connectivity index is 2.40. The van der Waals surface area contributed by atoms with Crippen LogP contribution in [0.15, 0.2) is 12.1 Å². The third-order valence-corrected chi connectivity index (χ3v) is 3.44. The van der Waals surface area contributed by atoms with Crippen LogP contribution in [0.2, 0.25) is 0 Å². The van der Waals surface area contributed by atoms with E-state index in [1.807, 2.05) is 13.0 Å². The molecule has 0 radical (unpaired) electrons. The highest BCUT2D eigenvalue weighted by Crippen LogP contribution is 2.24. The van der Waals surface area contributed by atoms with E-state index in [9.17, 15) is 5.11 Å². The second kappa shape index (κ2) is 5.40. The molecule has 1 nitrogen and oxygen atoms in total. The average molecular weight is 198 g/mol. The summed E-state index contributed by atoms with van der Waals surface area (Å²) in [5.41, 5.74) is 0. The van der Waals surface area contributed by atoms with Crippen LogP contribution in [-0.4, -0.2) is 5.11 Å². The van der Waals surface area contributed by atoms with Crippen molar-refractivity contribution < 1.29 is 5.11 Å². The van der Waals surface area contributed by atoms with Crippen LogP contribution in [-0.2, 0) is 6.42 Å². The first kappa shape index (κ1) is 10.7. The summed E-state index contributed by atoms with van der Waals surface area (Å²) in [7, 11) is 0. The molecule has 0 saturated carbocycles. The fourth-order valence-corrected chi connectivity index (χ4v) is 2.29. The summed E-state index contributed by atoms with van der Waals surface area (Å²) in [5.74, 6) is 0. The fraction of sp³-hybridized carbons (Fsp3) is 0.636. The highest BCUT2D eigenvalue weighted by atomic mass is 32.1. The summed E-state index contributed by atoms with van der Waals surface area (Å²) in [4.78, 5) is 2.50. The Labute approximate surface area is 84.4 Å². The molecule has 0 aromatic carbocycles. The van der Waals surface area contributed by atoms with Crippen molar-refractivity contribution in [1.82, 2.24) is 0 Å². The molecule has 0 fully saturated rings. The Morgan fingerprint density at radius 1 is 1.38 bits per heavy atom. The standard InChI is InChI=1S/C11H18OS/c1-3-4-5-6-10-7-8-11(13-10)9(2)12/h7-9,12H,3-6H2,1-2H3. The third kappa shape index (κ3) is 3.49. The monoisotopic (exact) mass is 198 g/mol. The van der Waals surface area contributed by atoms with E-state index >= 15 is 0 Å². The van der Waals surface area contributed by atoms with Gasteiger partial charge in [-0.2, -0.15) is 0 Å². The van der Waals surface area contributed by atoms with E-state index in [1.54, 1.807) is 11.3 Å². The van der Waals surface area contributed by atoms with Gasteiger partial charge in [-0.15, -0.1) is 11.3 Å². The number of hydrogen-bond donors (Lipinski definition) is 1. The SMILES string of the molecule is CCCCCc1ccc(C(C)O)s1. The van der Waals surface area contributed by atoms with Gasteiger partial charge in [0.2, 0.25) is 0 Å². The molecule has 0 amide bonds. The topological polar surface area (TPSA) is 20.2 Å². The molecule has 1 atom stereocenters. The second-order valence-electron chi connectivity index (χ2n) is 3.44. The molecule has 1 rings (SSSR count). The van der Waals surface area contributed by atoms with Gasteiger partial charge in [-0.3, -0.25) is 0 Å². The minimum Gasteiger partial charge on any atom is -0.388 e. The first-order valence-electron chi connectivity index (χ1n) is 5.00. The third-order valence-electron chi connectivity index (χ3n) is 2.12. The highest BCUT2D eigenvalue weighted by Gasteiger charge is 2.04. The van der Waals surface area contributed by atoms with Crippen LogP contribution in [0.25, 0.3) is 0 Å². The molecule has 0 aliphatic heterocycles. The maximum atomic E-state index is 9.32. The van der Waals surface area contributed by atoms with E-state index in [0.717, 1.165) is 4.88 Å². The summed E-state index contributed by atoms with van der Waals surface area (Å²) in [6.45, 7) is 4.04. The number of aryl methyl sites for hydroxylation is 1. The molecule has 1 aromatic rings. The van der Waals surface area contributed by atoms with Crippen LogP contribution in [0.1, 0.15) is 49.0 Å². The quantitative estimate of drug-likeness (QED) is 0.718. The maximum Gasteiger partial charge on any atom is 0.0854 e. The van der Waals surface area contributed by atoms with E-state index in [2.05, 4.69) is 13.0 Å². The van der Waals surface area contributed by atoms with Crippen LogP contribution >= 0.6 is 11.3 Å². The highest BCUT2D eigenvalue weighted by molar-refractivity contribution is 7.12. The first-order chi connectivity index (χ1) is 6.24. The van der Waals surface area contributed by atoms with E-state index < -0.39 is 0 Å². The van der Waals surface area contributed by atoms with Crippen LogP contribution in [0, 0.1) is 0 Å². The lowest BCUT2D eigenvalue weighted by Crippen LogP contribution is -1.83. The van der Waals surface area contributed by atoms with Gasteiger partial charge in [0.25, 0.3) is 0 Å². The molecule has 13 heavy (non-hydrogen) atoms. The number of aliphatic hydroxyl groups excluding tert-OH is 1. The first-order valence-corrected chi connectivity index (χ1v) is 5.82. The van der Waals surface area contributed by atoms with Crippen molar-refractivity contribution in [2.24, 2.45) is 0 Å². The molecule has 0 spiro atoms. The molecule has 1 heterocycles. The van der Waals surface area contributed by atoms with Gasteiger partial charge in [0, 0.05) is 9.75 Å². The number of unbranched alkanes of at least 4 members (excludes halogenated alkanes) is 2. The lowest BCUT2D eigenvalue weighted by molar-refractivity contribution is 0.203. The van der Waals surface area contributed by atoms with Gasteiger partial charge >= 0.3 is 0 Å². The zero-order valence-electron chi connectivity index (χ0n) is 8.42. The predicted molar refractivity (Wildman–Crippen MR) is 58.2 cm³/mol. The van der Waals surface area contributed by atoms with Gasteiger partial charge in [-0.1, -0.05) is 19.8 Å². The van der Waals surface area contributed by atoms with Gasteiger partial charge in [0.15, 0.2) is 0 Å². The maximum absolute atomic E-state index is 9.32. The molecule has 1 N–H and O–H groups in total. The Hall–Kier alpha value is -0.340. The number of rotatable bonds is 5. The van der Waals surface area contributed by atoms with E-state index in [0.29, 0.717) is 0 Å². The zero-order chi connectivity index (χ0) is 9.68. The minimum atomic E-state index is -0.301. The van der Waals surface area contributed by atoms with Crippen molar-refractivity contribution in [3.05, 3.63) is 21.9 Å². The smallest absolute Gasteiger partial charge is 0.0854 e. The Morgan fingerprint density at radius 2 is 2.15 bits per heavy atom. The Bertz CT molecular complexity index is 240. The van der Waals surface area contributed by atoms with Crippen LogP contribution in [0.4, 0.5) is 0 Å². The van der Waals surface area contributed by atoms with Gasteiger partial charge in [0.1, 0.15) is 0 Å². The zero-order valence-corrected chi connectivity index (χ0v) is 9.23. The van der Waals surface area contributed by atoms with Crippen molar-refractivity contribution in [2.75, 3.05) is 0 Å². The molecule has 0 bridgehead atoms. The van der Waals surface area contributed by atoms with Crippen molar-refractivity contribution in [3.8, 4) is 0 Å².